The van der Waals surface area contributed by atoms with Crippen LogP contribution in [0, 0.1) is 0 Å². The quantitative estimate of drug-likeness (QED) is 0.623. The molecule has 1 unspecified atom stereocenters. The van der Waals surface area contributed by atoms with Crippen LogP contribution < -0.4 is 5.32 Å². The summed E-state index contributed by atoms with van der Waals surface area (Å²) in [7, 11) is -3.41. The van der Waals surface area contributed by atoms with Gasteiger partial charge in [-0.2, -0.15) is 0 Å². The van der Waals surface area contributed by atoms with Gasteiger partial charge < -0.3 is 10.4 Å². The summed E-state index contributed by atoms with van der Waals surface area (Å²) in [5.74, 6) is -1.72. The Morgan fingerprint density at radius 2 is 1.93 bits per heavy atom. The van der Waals surface area contributed by atoms with Gasteiger partial charge in [0.1, 0.15) is 5.25 Å². The van der Waals surface area contributed by atoms with Crippen LogP contribution in [0.15, 0.2) is 0 Å². The molecule has 0 saturated carbocycles. The maximum atomic E-state index is 11.1. The molecule has 0 aliphatic rings. The fourth-order valence-electron chi connectivity index (χ4n) is 0.631. The van der Waals surface area contributed by atoms with E-state index in [0.717, 1.165) is 6.26 Å². The second-order valence-electron chi connectivity index (χ2n) is 2.91. The van der Waals surface area contributed by atoms with Crippen molar-refractivity contribution in [2.75, 3.05) is 12.8 Å². The number of carbonyl (C=O) groups is 2. The maximum Gasteiger partial charge on any atom is 0.305 e. The minimum atomic E-state index is -3.41. The van der Waals surface area contributed by atoms with Gasteiger partial charge in [0.05, 0.1) is 6.42 Å². The minimum absolute atomic E-state index is 0.0615. The van der Waals surface area contributed by atoms with Crippen LogP contribution in [-0.2, 0) is 19.4 Å². The van der Waals surface area contributed by atoms with Crippen molar-refractivity contribution in [3.63, 3.8) is 0 Å². The molecule has 0 aliphatic heterocycles. The van der Waals surface area contributed by atoms with E-state index < -0.39 is 27.0 Å². The molecular formula is C7H13NO5S. The monoisotopic (exact) mass is 223 g/mol. The Bertz CT molecular complexity index is 321. The van der Waals surface area contributed by atoms with Crippen molar-refractivity contribution in [2.24, 2.45) is 0 Å². The SMILES string of the molecule is CC(C(=O)NCCC(=O)O)S(C)(=O)=O. The lowest BCUT2D eigenvalue weighted by Crippen LogP contribution is -2.38. The molecule has 0 radical (unpaired) electrons. The largest absolute Gasteiger partial charge is 0.481 e. The topological polar surface area (TPSA) is 101 Å². The predicted octanol–water partition coefficient (Wildman–Crippen LogP) is -0.990. The van der Waals surface area contributed by atoms with E-state index >= 15 is 0 Å². The van der Waals surface area contributed by atoms with Crippen molar-refractivity contribution in [1.82, 2.24) is 5.32 Å². The Morgan fingerprint density at radius 1 is 1.43 bits per heavy atom. The van der Waals surface area contributed by atoms with Crippen molar-refractivity contribution < 1.29 is 23.1 Å². The molecule has 0 fully saturated rings. The zero-order chi connectivity index (χ0) is 11.4. The number of carbonyl (C=O) groups excluding carboxylic acids is 1. The van der Waals surface area contributed by atoms with Gasteiger partial charge in [-0.25, -0.2) is 8.42 Å². The Morgan fingerprint density at radius 3 is 2.29 bits per heavy atom. The lowest BCUT2D eigenvalue weighted by atomic mass is 10.4. The van der Waals surface area contributed by atoms with Crippen LogP contribution in [0.5, 0.6) is 0 Å². The first-order valence-electron chi connectivity index (χ1n) is 3.93. The number of sulfone groups is 1. The van der Waals surface area contributed by atoms with Crippen LogP contribution in [-0.4, -0.2) is 43.5 Å². The Balaban J connectivity index is 4.04. The van der Waals surface area contributed by atoms with Crippen molar-refractivity contribution in [3.8, 4) is 0 Å². The van der Waals surface area contributed by atoms with Crippen LogP contribution in [0.2, 0.25) is 0 Å². The first-order chi connectivity index (χ1) is 6.25. The Labute approximate surface area is 82.2 Å². The van der Waals surface area contributed by atoms with E-state index in [1.165, 1.54) is 6.92 Å². The van der Waals surface area contributed by atoms with Gasteiger partial charge in [0.25, 0.3) is 0 Å². The first-order valence-corrected chi connectivity index (χ1v) is 5.89. The molecule has 0 heterocycles. The fraction of sp³-hybridized carbons (Fsp3) is 0.714. The highest BCUT2D eigenvalue weighted by Crippen LogP contribution is 1.97. The second kappa shape index (κ2) is 4.94. The van der Waals surface area contributed by atoms with E-state index in [4.69, 9.17) is 5.11 Å². The average Bonchev–Trinajstić information content (AvgIpc) is 2.00. The number of aliphatic carboxylic acids is 1. The summed E-state index contributed by atoms with van der Waals surface area (Å²) in [5, 5.41) is 9.33. The standard InChI is InChI=1S/C7H13NO5S/c1-5(14(2,12)13)7(11)8-4-3-6(9)10/h5H,3-4H2,1-2H3,(H,8,11)(H,9,10). The van der Waals surface area contributed by atoms with E-state index in [1.807, 2.05) is 0 Å². The van der Waals surface area contributed by atoms with Crippen molar-refractivity contribution in [2.45, 2.75) is 18.6 Å². The number of nitrogens with one attached hydrogen (secondary N) is 1. The molecule has 0 aromatic heterocycles. The third-order valence-electron chi connectivity index (χ3n) is 1.65. The molecule has 7 heteroatoms. The fourth-order valence-corrected chi connectivity index (χ4v) is 1.10. The summed E-state index contributed by atoms with van der Waals surface area (Å²) in [6, 6.07) is 0. The number of rotatable bonds is 5. The highest BCUT2D eigenvalue weighted by atomic mass is 32.2. The lowest BCUT2D eigenvalue weighted by molar-refractivity contribution is -0.136. The van der Waals surface area contributed by atoms with Crippen molar-refractivity contribution in [3.05, 3.63) is 0 Å². The number of amides is 1. The number of hydrogen-bond acceptors (Lipinski definition) is 4. The summed E-state index contributed by atoms with van der Waals surface area (Å²) in [6.07, 6.45) is 0.733. The van der Waals surface area contributed by atoms with Gasteiger partial charge in [-0.15, -0.1) is 0 Å². The summed E-state index contributed by atoms with van der Waals surface area (Å²) in [6.45, 7) is 1.19. The minimum Gasteiger partial charge on any atom is -0.481 e. The normalized spacial score (nSPS) is 13.3. The Kier molecular flexibility index (Phi) is 4.55. The maximum absolute atomic E-state index is 11.1. The number of carboxylic acid groups (broad SMARTS) is 1. The van der Waals surface area contributed by atoms with Crippen molar-refractivity contribution >= 4 is 21.7 Å². The second-order valence-corrected chi connectivity index (χ2v) is 5.27. The van der Waals surface area contributed by atoms with Crippen LogP contribution in [0.1, 0.15) is 13.3 Å². The Hall–Kier alpha value is -1.11. The van der Waals surface area contributed by atoms with Crippen LogP contribution in [0.25, 0.3) is 0 Å². The molecule has 0 aromatic rings. The van der Waals surface area contributed by atoms with Crippen LogP contribution in [0.3, 0.4) is 0 Å². The predicted molar refractivity (Wildman–Crippen MR) is 49.6 cm³/mol. The van der Waals surface area contributed by atoms with Gasteiger partial charge >= 0.3 is 5.97 Å². The zero-order valence-electron chi connectivity index (χ0n) is 7.98. The summed E-state index contributed by atoms with van der Waals surface area (Å²) < 4.78 is 21.8. The lowest BCUT2D eigenvalue weighted by Gasteiger charge is -2.08. The summed E-state index contributed by atoms with van der Waals surface area (Å²) >= 11 is 0. The molecule has 1 amide bonds. The molecule has 2 N–H and O–H groups in total. The third-order valence-corrected chi connectivity index (χ3v) is 3.15. The van der Waals surface area contributed by atoms with E-state index in [-0.39, 0.29) is 13.0 Å². The third kappa shape index (κ3) is 4.80. The molecule has 1 atom stereocenters. The van der Waals surface area contributed by atoms with Crippen LogP contribution in [0.4, 0.5) is 0 Å². The summed E-state index contributed by atoms with van der Waals surface area (Å²) in [5.41, 5.74) is 0. The van der Waals surface area contributed by atoms with Gasteiger partial charge in [0.15, 0.2) is 9.84 Å². The van der Waals surface area contributed by atoms with Gasteiger partial charge in [0.2, 0.25) is 5.91 Å². The van der Waals surface area contributed by atoms with Gasteiger partial charge in [-0.05, 0) is 6.92 Å². The number of hydrogen-bond donors (Lipinski definition) is 2. The molecule has 0 bridgehead atoms. The van der Waals surface area contributed by atoms with E-state index in [2.05, 4.69) is 5.32 Å². The average molecular weight is 223 g/mol. The van der Waals surface area contributed by atoms with E-state index in [1.54, 1.807) is 0 Å². The smallest absolute Gasteiger partial charge is 0.305 e. The molecule has 0 rings (SSSR count). The van der Waals surface area contributed by atoms with Crippen molar-refractivity contribution in [1.29, 1.82) is 0 Å². The molecular weight excluding hydrogens is 210 g/mol. The molecule has 0 saturated heterocycles. The van der Waals surface area contributed by atoms with E-state index in [9.17, 15) is 18.0 Å². The molecule has 14 heavy (non-hydrogen) atoms. The summed E-state index contributed by atoms with van der Waals surface area (Å²) in [4.78, 5) is 21.2. The van der Waals surface area contributed by atoms with Gasteiger partial charge in [-0.3, -0.25) is 9.59 Å². The molecule has 82 valence electrons. The van der Waals surface area contributed by atoms with Crippen LogP contribution >= 0.6 is 0 Å². The van der Waals surface area contributed by atoms with Gasteiger partial charge in [0, 0.05) is 12.8 Å². The highest BCUT2D eigenvalue weighted by molar-refractivity contribution is 7.92. The highest BCUT2D eigenvalue weighted by Gasteiger charge is 2.22. The molecule has 0 spiro atoms. The zero-order valence-corrected chi connectivity index (χ0v) is 8.80. The van der Waals surface area contributed by atoms with Gasteiger partial charge in [-0.1, -0.05) is 0 Å². The number of carboxylic acids is 1. The molecule has 0 aliphatic carbocycles. The van der Waals surface area contributed by atoms with E-state index in [0.29, 0.717) is 0 Å². The molecule has 0 aromatic carbocycles. The first kappa shape index (κ1) is 12.9. The molecule has 6 nitrogen and oxygen atoms in total.